The van der Waals surface area contributed by atoms with Crippen molar-refractivity contribution in [3.05, 3.63) is 24.3 Å². The van der Waals surface area contributed by atoms with E-state index < -0.39 is 0 Å². The van der Waals surface area contributed by atoms with Crippen LogP contribution in [0.25, 0.3) is 0 Å². The van der Waals surface area contributed by atoms with Crippen LogP contribution >= 0.6 is 0 Å². The van der Waals surface area contributed by atoms with Gasteiger partial charge in [-0.15, -0.1) is 0 Å². The smallest absolute Gasteiger partial charge is 0.157 e. The molecule has 0 heterocycles. The van der Waals surface area contributed by atoms with Gasteiger partial charge < -0.3 is 9.47 Å². The summed E-state index contributed by atoms with van der Waals surface area (Å²) in [5.74, 6) is 0. The third-order valence-corrected chi connectivity index (χ3v) is 4.13. The van der Waals surface area contributed by atoms with Gasteiger partial charge in [0.2, 0.25) is 0 Å². The summed E-state index contributed by atoms with van der Waals surface area (Å²) in [7, 11) is 0. The lowest BCUT2D eigenvalue weighted by Crippen LogP contribution is -2.17. The third kappa shape index (κ3) is 17.7. The van der Waals surface area contributed by atoms with Gasteiger partial charge in [0.1, 0.15) is 0 Å². The van der Waals surface area contributed by atoms with Gasteiger partial charge in [0.15, 0.2) is 6.29 Å². The minimum Gasteiger partial charge on any atom is -0.353 e. The number of unbranched alkanes of at least 4 members (excludes halogenated alkanes) is 9. The maximum Gasteiger partial charge on any atom is 0.157 e. The normalized spacial score (nSPS) is 12.2. The van der Waals surface area contributed by atoms with Crippen molar-refractivity contribution in [3.63, 3.8) is 0 Å². The second kappa shape index (κ2) is 20.4. The Morgan fingerprint density at radius 1 is 0.625 bits per heavy atom. The Morgan fingerprint density at radius 3 is 1.67 bits per heavy atom. The topological polar surface area (TPSA) is 18.5 Å². The minimum atomic E-state index is 0.0199. The average Bonchev–Trinajstić information content (AvgIpc) is 2.58. The molecule has 2 heteroatoms. The van der Waals surface area contributed by atoms with Gasteiger partial charge in [-0.2, -0.15) is 0 Å². The van der Waals surface area contributed by atoms with Crippen LogP contribution in [0.3, 0.4) is 0 Å². The molecule has 0 bridgehead atoms. The zero-order chi connectivity index (χ0) is 17.7. The SMILES string of the molecule is CCC=C/C=C/CCCCCCCCCCCC(OCC)OCC. The standard InChI is InChI=1S/C22H42O2/c1-4-7-8-9-10-11-12-13-14-15-16-17-18-19-20-21-22(23-5-2)24-6-3/h7-10,22H,4-6,11-21H2,1-3H3/b8-7?,10-9+. The van der Waals surface area contributed by atoms with E-state index in [9.17, 15) is 0 Å². The zero-order valence-corrected chi connectivity index (χ0v) is 16.6. The van der Waals surface area contributed by atoms with Crippen LogP contribution in [-0.4, -0.2) is 19.5 Å². The van der Waals surface area contributed by atoms with E-state index in [1.165, 1.54) is 64.2 Å². The molecule has 0 unspecified atom stereocenters. The second-order valence-electron chi connectivity index (χ2n) is 6.36. The van der Waals surface area contributed by atoms with Crippen LogP contribution in [-0.2, 0) is 9.47 Å². The molecule has 0 aliphatic carbocycles. The molecule has 2 nitrogen and oxygen atoms in total. The fraction of sp³-hybridized carbons (Fsp3) is 0.818. The van der Waals surface area contributed by atoms with Crippen LogP contribution in [0.4, 0.5) is 0 Å². The summed E-state index contributed by atoms with van der Waals surface area (Å²) in [5.41, 5.74) is 0. The number of allylic oxidation sites excluding steroid dienone is 4. The Balaban J connectivity index is 3.25. The first-order chi connectivity index (χ1) is 11.8. The number of rotatable bonds is 18. The zero-order valence-electron chi connectivity index (χ0n) is 16.6. The molecule has 0 aromatic heterocycles. The summed E-state index contributed by atoms with van der Waals surface area (Å²) < 4.78 is 11.1. The lowest BCUT2D eigenvalue weighted by atomic mass is 10.1. The summed E-state index contributed by atoms with van der Waals surface area (Å²) in [5, 5.41) is 0. The minimum absolute atomic E-state index is 0.0199. The van der Waals surface area contributed by atoms with E-state index >= 15 is 0 Å². The van der Waals surface area contributed by atoms with E-state index in [4.69, 9.17) is 9.47 Å². The molecule has 142 valence electrons. The Kier molecular flexibility index (Phi) is 19.9. The highest BCUT2D eigenvalue weighted by Gasteiger charge is 2.06. The van der Waals surface area contributed by atoms with Crippen LogP contribution in [0.5, 0.6) is 0 Å². The number of hydrogen-bond acceptors (Lipinski definition) is 2. The lowest BCUT2D eigenvalue weighted by molar-refractivity contribution is -0.140. The molecule has 0 amide bonds. The summed E-state index contributed by atoms with van der Waals surface area (Å²) >= 11 is 0. The van der Waals surface area contributed by atoms with Crippen LogP contribution in [0.2, 0.25) is 0 Å². The van der Waals surface area contributed by atoms with Crippen molar-refractivity contribution < 1.29 is 9.47 Å². The van der Waals surface area contributed by atoms with Gasteiger partial charge >= 0.3 is 0 Å². The van der Waals surface area contributed by atoms with Crippen molar-refractivity contribution in [1.82, 2.24) is 0 Å². The molecule has 0 saturated heterocycles. The van der Waals surface area contributed by atoms with Gasteiger partial charge in [0.25, 0.3) is 0 Å². The first-order valence-electron chi connectivity index (χ1n) is 10.4. The highest BCUT2D eigenvalue weighted by Crippen LogP contribution is 2.13. The van der Waals surface area contributed by atoms with Crippen molar-refractivity contribution in [2.75, 3.05) is 13.2 Å². The van der Waals surface area contributed by atoms with Crippen molar-refractivity contribution >= 4 is 0 Å². The molecular formula is C22H42O2. The van der Waals surface area contributed by atoms with Crippen LogP contribution < -0.4 is 0 Å². The Bertz CT molecular complexity index is 278. The van der Waals surface area contributed by atoms with Crippen LogP contribution in [0.15, 0.2) is 24.3 Å². The predicted molar refractivity (Wildman–Crippen MR) is 106 cm³/mol. The van der Waals surface area contributed by atoms with Gasteiger partial charge in [-0.1, -0.05) is 76.2 Å². The fourth-order valence-electron chi connectivity index (χ4n) is 2.79. The summed E-state index contributed by atoms with van der Waals surface area (Å²) in [4.78, 5) is 0. The Morgan fingerprint density at radius 2 is 1.12 bits per heavy atom. The molecule has 0 aliphatic heterocycles. The predicted octanol–water partition coefficient (Wildman–Crippen LogP) is 7.20. The molecule has 0 radical (unpaired) electrons. The molecule has 0 aliphatic rings. The second-order valence-corrected chi connectivity index (χ2v) is 6.36. The molecule has 0 aromatic rings. The van der Waals surface area contributed by atoms with E-state index in [0.29, 0.717) is 0 Å². The molecular weight excluding hydrogens is 296 g/mol. The van der Waals surface area contributed by atoms with Crippen molar-refractivity contribution in [3.8, 4) is 0 Å². The highest BCUT2D eigenvalue weighted by molar-refractivity contribution is 5.01. The lowest BCUT2D eigenvalue weighted by Gasteiger charge is -2.16. The van der Waals surface area contributed by atoms with Gasteiger partial charge in [-0.05, 0) is 46.0 Å². The maximum atomic E-state index is 5.57. The molecule has 0 atom stereocenters. The monoisotopic (exact) mass is 338 g/mol. The number of ether oxygens (including phenoxy) is 2. The van der Waals surface area contributed by atoms with Crippen molar-refractivity contribution in [2.24, 2.45) is 0 Å². The molecule has 0 spiro atoms. The van der Waals surface area contributed by atoms with Gasteiger partial charge in [0.05, 0.1) is 0 Å². The first-order valence-corrected chi connectivity index (χ1v) is 10.4. The molecule has 0 rings (SSSR count). The first kappa shape index (κ1) is 23.4. The van der Waals surface area contributed by atoms with E-state index in [1.54, 1.807) is 0 Å². The largest absolute Gasteiger partial charge is 0.353 e. The third-order valence-electron chi connectivity index (χ3n) is 4.13. The summed E-state index contributed by atoms with van der Waals surface area (Å²) in [6, 6.07) is 0. The van der Waals surface area contributed by atoms with E-state index in [1.807, 2.05) is 13.8 Å². The van der Waals surface area contributed by atoms with E-state index in [0.717, 1.165) is 26.1 Å². The molecule has 24 heavy (non-hydrogen) atoms. The van der Waals surface area contributed by atoms with Gasteiger partial charge in [-0.25, -0.2) is 0 Å². The maximum absolute atomic E-state index is 5.57. The van der Waals surface area contributed by atoms with Gasteiger partial charge in [0, 0.05) is 13.2 Å². The van der Waals surface area contributed by atoms with E-state index in [2.05, 4.69) is 31.2 Å². The molecule has 0 fully saturated rings. The van der Waals surface area contributed by atoms with Crippen LogP contribution in [0.1, 0.15) is 97.8 Å². The van der Waals surface area contributed by atoms with Gasteiger partial charge in [-0.3, -0.25) is 0 Å². The Hall–Kier alpha value is -0.600. The van der Waals surface area contributed by atoms with Crippen molar-refractivity contribution in [2.45, 2.75) is 104 Å². The summed E-state index contributed by atoms with van der Waals surface area (Å²) in [6.07, 6.45) is 24.5. The number of hydrogen-bond donors (Lipinski definition) is 0. The Labute approximate surface area is 151 Å². The van der Waals surface area contributed by atoms with Crippen LogP contribution in [0, 0.1) is 0 Å². The quantitative estimate of drug-likeness (QED) is 0.149. The van der Waals surface area contributed by atoms with E-state index in [-0.39, 0.29) is 6.29 Å². The molecule has 0 N–H and O–H groups in total. The fourth-order valence-corrected chi connectivity index (χ4v) is 2.79. The molecule has 0 aromatic carbocycles. The van der Waals surface area contributed by atoms with Crippen molar-refractivity contribution in [1.29, 1.82) is 0 Å². The highest BCUT2D eigenvalue weighted by atomic mass is 16.7. The summed E-state index contributed by atoms with van der Waals surface area (Å²) in [6.45, 7) is 7.73. The average molecular weight is 339 g/mol. The molecule has 0 saturated carbocycles.